The lowest BCUT2D eigenvalue weighted by Gasteiger charge is -2.33. The number of benzene rings is 1. The summed E-state index contributed by atoms with van der Waals surface area (Å²) in [6.07, 6.45) is 3.44. The third kappa shape index (κ3) is 3.95. The van der Waals surface area contributed by atoms with Crippen LogP contribution in [-0.4, -0.2) is 54.4 Å². The van der Waals surface area contributed by atoms with Crippen LogP contribution in [0.3, 0.4) is 0 Å². The Morgan fingerprint density at radius 2 is 1.94 bits per heavy atom. The molecule has 9 heteroatoms. The third-order valence-electron chi connectivity index (χ3n) is 6.11. The molecule has 4 aromatic rings. The van der Waals surface area contributed by atoms with E-state index in [-0.39, 0.29) is 24.2 Å². The summed E-state index contributed by atoms with van der Waals surface area (Å²) in [5.41, 5.74) is 5.04. The number of nitrogens with zero attached hydrogens (tertiary/aromatic N) is 6. The van der Waals surface area contributed by atoms with E-state index >= 15 is 0 Å². The first-order valence-electron chi connectivity index (χ1n) is 10.9. The molecule has 0 bridgehead atoms. The summed E-state index contributed by atoms with van der Waals surface area (Å²) < 4.78 is 10.9. The number of pyridine rings is 1. The fraction of sp³-hybridized carbons (Fsp3) is 0.333. The van der Waals surface area contributed by atoms with Crippen LogP contribution in [0.2, 0.25) is 0 Å². The van der Waals surface area contributed by atoms with Gasteiger partial charge >= 0.3 is 5.69 Å². The van der Waals surface area contributed by atoms with Crippen molar-refractivity contribution in [1.29, 1.82) is 0 Å². The maximum Gasteiger partial charge on any atom is 0.329 e. The molecule has 0 saturated carbocycles. The van der Waals surface area contributed by atoms with E-state index in [9.17, 15) is 9.59 Å². The number of morpholine rings is 1. The fourth-order valence-electron chi connectivity index (χ4n) is 4.40. The molecule has 4 heterocycles. The van der Waals surface area contributed by atoms with E-state index in [0.29, 0.717) is 19.7 Å². The van der Waals surface area contributed by atoms with Gasteiger partial charge < -0.3 is 9.64 Å². The van der Waals surface area contributed by atoms with Gasteiger partial charge in [-0.25, -0.2) is 4.79 Å². The number of para-hydroxylation sites is 2. The van der Waals surface area contributed by atoms with Crippen molar-refractivity contribution in [1.82, 2.24) is 28.8 Å². The number of fused-ring (bicyclic) bond motifs is 1. The van der Waals surface area contributed by atoms with Crippen molar-refractivity contribution < 1.29 is 9.53 Å². The van der Waals surface area contributed by atoms with Crippen molar-refractivity contribution >= 4 is 16.9 Å². The number of carbonyl (C=O) groups is 1. The van der Waals surface area contributed by atoms with Gasteiger partial charge in [0, 0.05) is 38.1 Å². The largest absolute Gasteiger partial charge is 0.368 e. The second kappa shape index (κ2) is 8.32. The molecule has 1 amide bonds. The molecule has 1 atom stereocenters. The van der Waals surface area contributed by atoms with Gasteiger partial charge in [0.25, 0.3) is 0 Å². The van der Waals surface area contributed by atoms with Crippen LogP contribution in [0.1, 0.15) is 17.5 Å². The molecule has 1 aliphatic heterocycles. The van der Waals surface area contributed by atoms with Crippen molar-refractivity contribution in [2.24, 2.45) is 14.1 Å². The van der Waals surface area contributed by atoms with Gasteiger partial charge in [0.05, 0.1) is 36.1 Å². The highest BCUT2D eigenvalue weighted by Gasteiger charge is 2.28. The molecule has 1 fully saturated rings. The summed E-state index contributed by atoms with van der Waals surface area (Å²) in [5.74, 6) is -0.109. The summed E-state index contributed by atoms with van der Waals surface area (Å²) in [5, 5.41) is 4.25. The standard InChI is InChI=1S/C24H26N6O3/c1-16-10-17(18-12-25-27(2)13-18)11-19(26-16)22-14-29(8-9-33-22)23(31)15-30-21-7-5-4-6-20(21)28(3)24(30)32/h4-7,10-13,22H,8-9,14-15H2,1-3H3. The molecule has 5 rings (SSSR count). The van der Waals surface area contributed by atoms with Gasteiger partial charge in [0.2, 0.25) is 5.91 Å². The van der Waals surface area contributed by atoms with Gasteiger partial charge in [-0.05, 0) is 36.8 Å². The second-order valence-electron chi connectivity index (χ2n) is 8.44. The van der Waals surface area contributed by atoms with Gasteiger partial charge in [-0.15, -0.1) is 0 Å². The van der Waals surface area contributed by atoms with Gasteiger partial charge in [-0.1, -0.05) is 12.1 Å². The van der Waals surface area contributed by atoms with Crippen LogP contribution in [0.25, 0.3) is 22.2 Å². The van der Waals surface area contributed by atoms with Gasteiger partial charge in [-0.3, -0.25) is 23.6 Å². The third-order valence-corrected chi connectivity index (χ3v) is 6.11. The highest BCUT2D eigenvalue weighted by atomic mass is 16.5. The SMILES string of the molecule is Cc1cc(-c2cnn(C)c2)cc(C2CN(C(=O)Cn3c(=O)n(C)c4ccccc43)CCO2)n1. The summed E-state index contributed by atoms with van der Waals surface area (Å²) in [6, 6.07) is 11.5. The molecule has 170 valence electrons. The topological polar surface area (TPSA) is 87.2 Å². The lowest BCUT2D eigenvalue weighted by molar-refractivity contribution is -0.139. The van der Waals surface area contributed by atoms with Crippen LogP contribution in [-0.2, 0) is 30.2 Å². The number of imidazole rings is 1. The molecule has 0 radical (unpaired) electrons. The van der Waals surface area contributed by atoms with Crippen LogP contribution >= 0.6 is 0 Å². The summed E-state index contributed by atoms with van der Waals surface area (Å²) in [6.45, 7) is 3.23. The molecule has 0 spiro atoms. The normalized spacial score (nSPS) is 16.5. The highest BCUT2D eigenvalue weighted by Crippen LogP contribution is 2.27. The number of hydrogen-bond acceptors (Lipinski definition) is 5. The van der Waals surface area contributed by atoms with Gasteiger partial charge in [0.15, 0.2) is 0 Å². The van der Waals surface area contributed by atoms with Crippen LogP contribution in [0, 0.1) is 6.92 Å². The predicted molar refractivity (Wildman–Crippen MR) is 124 cm³/mol. The second-order valence-corrected chi connectivity index (χ2v) is 8.44. The molecule has 1 unspecified atom stereocenters. The van der Waals surface area contributed by atoms with E-state index in [4.69, 9.17) is 4.74 Å². The molecule has 0 N–H and O–H groups in total. The lowest BCUT2D eigenvalue weighted by Crippen LogP contribution is -2.44. The predicted octanol–water partition coefficient (Wildman–Crippen LogP) is 2.04. The summed E-state index contributed by atoms with van der Waals surface area (Å²) in [7, 11) is 3.60. The van der Waals surface area contributed by atoms with Crippen molar-refractivity contribution in [2.45, 2.75) is 19.6 Å². The summed E-state index contributed by atoms with van der Waals surface area (Å²) >= 11 is 0. The number of aryl methyl sites for hydroxylation is 3. The molecule has 0 aliphatic carbocycles. The average molecular weight is 447 g/mol. The molecule has 9 nitrogen and oxygen atoms in total. The number of carbonyl (C=O) groups excluding carboxylic acids is 1. The Bertz CT molecular complexity index is 1400. The maximum atomic E-state index is 13.2. The van der Waals surface area contributed by atoms with E-state index < -0.39 is 0 Å². The van der Waals surface area contributed by atoms with Crippen molar-refractivity contribution in [2.75, 3.05) is 19.7 Å². The first kappa shape index (κ1) is 21.1. The van der Waals surface area contributed by atoms with Crippen LogP contribution in [0.15, 0.2) is 53.6 Å². The Hall–Kier alpha value is -3.72. The minimum Gasteiger partial charge on any atom is -0.368 e. The van der Waals surface area contributed by atoms with Gasteiger partial charge in [-0.2, -0.15) is 5.10 Å². The van der Waals surface area contributed by atoms with E-state index in [0.717, 1.165) is 33.5 Å². The molecule has 33 heavy (non-hydrogen) atoms. The zero-order chi connectivity index (χ0) is 23.1. The molecular formula is C24H26N6O3. The number of rotatable bonds is 4. The van der Waals surface area contributed by atoms with E-state index in [1.165, 1.54) is 4.57 Å². The zero-order valence-corrected chi connectivity index (χ0v) is 18.9. The van der Waals surface area contributed by atoms with E-state index in [1.807, 2.05) is 62.8 Å². The average Bonchev–Trinajstić information content (AvgIpc) is 3.36. The first-order valence-corrected chi connectivity index (χ1v) is 10.9. The maximum absolute atomic E-state index is 13.2. The minimum absolute atomic E-state index is 0.00487. The Morgan fingerprint density at radius 3 is 2.70 bits per heavy atom. The number of amides is 1. The first-order chi connectivity index (χ1) is 15.9. The Balaban J connectivity index is 1.38. The highest BCUT2D eigenvalue weighted by molar-refractivity contribution is 5.81. The molecular weight excluding hydrogens is 420 g/mol. The Kier molecular flexibility index (Phi) is 5.33. The fourth-order valence-corrected chi connectivity index (χ4v) is 4.40. The zero-order valence-electron chi connectivity index (χ0n) is 18.9. The van der Waals surface area contributed by atoms with Crippen LogP contribution < -0.4 is 5.69 Å². The van der Waals surface area contributed by atoms with Crippen molar-refractivity contribution in [3.05, 3.63) is 70.7 Å². The van der Waals surface area contributed by atoms with Crippen LogP contribution in [0.4, 0.5) is 0 Å². The molecule has 1 aromatic carbocycles. The quantitative estimate of drug-likeness (QED) is 0.479. The summed E-state index contributed by atoms with van der Waals surface area (Å²) in [4.78, 5) is 32.3. The number of ether oxygens (including phenoxy) is 1. The molecule has 1 saturated heterocycles. The van der Waals surface area contributed by atoms with Crippen LogP contribution in [0.5, 0.6) is 0 Å². The lowest BCUT2D eigenvalue weighted by atomic mass is 10.1. The van der Waals surface area contributed by atoms with Crippen molar-refractivity contribution in [3.8, 4) is 11.1 Å². The van der Waals surface area contributed by atoms with Gasteiger partial charge in [0.1, 0.15) is 12.6 Å². The number of aromatic nitrogens is 5. The minimum atomic E-state index is -0.331. The smallest absolute Gasteiger partial charge is 0.329 e. The molecule has 1 aliphatic rings. The van der Waals surface area contributed by atoms with E-state index in [2.05, 4.69) is 10.1 Å². The monoisotopic (exact) mass is 446 g/mol. The van der Waals surface area contributed by atoms with E-state index in [1.54, 1.807) is 21.2 Å². The Morgan fingerprint density at radius 1 is 1.15 bits per heavy atom. The molecule has 3 aromatic heterocycles. The Labute approximate surface area is 190 Å². The number of hydrogen-bond donors (Lipinski definition) is 0. The van der Waals surface area contributed by atoms with Crippen molar-refractivity contribution in [3.63, 3.8) is 0 Å².